The molecule has 2 rings (SSSR count). The number of imidazole rings is 1. The van der Waals surface area contributed by atoms with Crippen LogP contribution in [-0.4, -0.2) is 47.3 Å². The summed E-state index contributed by atoms with van der Waals surface area (Å²) in [5, 5.41) is 17.8. The third-order valence-electron chi connectivity index (χ3n) is 2.79. The standard InChI is InChI=1S/C11H13N5O/c1-15-2-3-17-9(6-15)7-16-8-14-10(4-12)11(16)5-13/h8-9H,2-3,6-7H2,1H3. The van der Waals surface area contributed by atoms with Crippen molar-refractivity contribution in [3.05, 3.63) is 17.7 Å². The van der Waals surface area contributed by atoms with Crippen molar-refractivity contribution in [3.63, 3.8) is 0 Å². The second-order valence-corrected chi connectivity index (χ2v) is 4.07. The van der Waals surface area contributed by atoms with Gasteiger partial charge in [-0.2, -0.15) is 10.5 Å². The quantitative estimate of drug-likeness (QED) is 0.713. The van der Waals surface area contributed by atoms with Gasteiger partial charge in [-0.15, -0.1) is 0 Å². The van der Waals surface area contributed by atoms with E-state index in [0.29, 0.717) is 18.8 Å². The van der Waals surface area contributed by atoms with Crippen molar-refractivity contribution >= 4 is 0 Å². The Kier molecular flexibility index (Phi) is 3.38. The minimum absolute atomic E-state index is 0.0431. The monoisotopic (exact) mass is 231 g/mol. The largest absolute Gasteiger partial charge is 0.374 e. The maximum absolute atomic E-state index is 8.99. The number of hydrogen-bond acceptors (Lipinski definition) is 5. The fourth-order valence-corrected chi connectivity index (χ4v) is 1.92. The smallest absolute Gasteiger partial charge is 0.176 e. The van der Waals surface area contributed by atoms with Crippen molar-refractivity contribution in [1.82, 2.24) is 14.5 Å². The number of aromatic nitrogens is 2. The van der Waals surface area contributed by atoms with Gasteiger partial charge < -0.3 is 14.2 Å². The molecule has 0 amide bonds. The van der Waals surface area contributed by atoms with E-state index in [0.717, 1.165) is 13.1 Å². The van der Waals surface area contributed by atoms with E-state index in [1.165, 1.54) is 6.33 Å². The molecule has 1 unspecified atom stereocenters. The molecule has 0 radical (unpaired) electrons. The van der Waals surface area contributed by atoms with Gasteiger partial charge in [-0.25, -0.2) is 4.98 Å². The van der Waals surface area contributed by atoms with Crippen LogP contribution in [0.4, 0.5) is 0 Å². The first kappa shape index (κ1) is 11.6. The maximum atomic E-state index is 8.99. The summed E-state index contributed by atoms with van der Waals surface area (Å²) in [6.45, 7) is 3.00. The molecule has 0 spiro atoms. The highest BCUT2D eigenvalue weighted by molar-refractivity contribution is 5.36. The summed E-state index contributed by atoms with van der Waals surface area (Å²) in [7, 11) is 2.04. The second-order valence-electron chi connectivity index (χ2n) is 4.07. The first-order chi connectivity index (χ1) is 8.24. The Bertz CT molecular complexity index is 481. The first-order valence-electron chi connectivity index (χ1n) is 5.40. The van der Waals surface area contributed by atoms with Crippen LogP contribution in [0.2, 0.25) is 0 Å². The van der Waals surface area contributed by atoms with E-state index in [-0.39, 0.29) is 11.8 Å². The number of rotatable bonds is 2. The summed E-state index contributed by atoms with van der Waals surface area (Å²) in [5.41, 5.74) is 0.487. The van der Waals surface area contributed by atoms with E-state index >= 15 is 0 Å². The van der Waals surface area contributed by atoms with Crippen molar-refractivity contribution in [2.24, 2.45) is 0 Å². The Morgan fingerprint density at radius 1 is 1.53 bits per heavy atom. The minimum Gasteiger partial charge on any atom is -0.374 e. The van der Waals surface area contributed by atoms with Crippen LogP contribution in [0, 0.1) is 22.7 Å². The third-order valence-corrected chi connectivity index (χ3v) is 2.79. The average molecular weight is 231 g/mol. The number of nitrogens with zero attached hydrogens (tertiary/aromatic N) is 5. The summed E-state index contributed by atoms with van der Waals surface area (Å²) in [4.78, 5) is 6.08. The van der Waals surface area contributed by atoms with Gasteiger partial charge in [0.05, 0.1) is 25.6 Å². The van der Waals surface area contributed by atoms with Crippen LogP contribution in [0.15, 0.2) is 6.33 Å². The SMILES string of the molecule is CN1CCOC(Cn2cnc(C#N)c2C#N)C1. The molecule has 0 N–H and O–H groups in total. The number of hydrogen-bond donors (Lipinski definition) is 0. The highest BCUT2D eigenvalue weighted by atomic mass is 16.5. The van der Waals surface area contributed by atoms with Crippen LogP contribution in [-0.2, 0) is 11.3 Å². The molecule has 1 aliphatic rings. The fraction of sp³-hybridized carbons (Fsp3) is 0.545. The van der Waals surface area contributed by atoms with Crippen molar-refractivity contribution in [3.8, 4) is 12.1 Å². The lowest BCUT2D eigenvalue weighted by atomic mass is 10.2. The Morgan fingerprint density at radius 2 is 2.35 bits per heavy atom. The molecule has 0 saturated carbocycles. The number of ether oxygens (including phenoxy) is 1. The Morgan fingerprint density at radius 3 is 3.00 bits per heavy atom. The van der Waals surface area contributed by atoms with Crippen LogP contribution < -0.4 is 0 Å². The van der Waals surface area contributed by atoms with Gasteiger partial charge >= 0.3 is 0 Å². The van der Waals surface area contributed by atoms with E-state index in [4.69, 9.17) is 15.3 Å². The van der Waals surface area contributed by atoms with Gasteiger partial charge in [0.25, 0.3) is 0 Å². The molecule has 1 aromatic heterocycles. The molecule has 2 heterocycles. The van der Waals surface area contributed by atoms with E-state index < -0.39 is 0 Å². The van der Waals surface area contributed by atoms with Crippen molar-refractivity contribution in [2.75, 3.05) is 26.7 Å². The van der Waals surface area contributed by atoms with Crippen LogP contribution in [0.3, 0.4) is 0 Å². The van der Waals surface area contributed by atoms with Gasteiger partial charge in [-0.05, 0) is 7.05 Å². The van der Waals surface area contributed by atoms with E-state index in [1.807, 2.05) is 19.2 Å². The summed E-state index contributed by atoms with van der Waals surface area (Å²) < 4.78 is 7.30. The molecular weight excluding hydrogens is 218 g/mol. The molecule has 0 aliphatic carbocycles. The van der Waals surface area contributed by atoms with Crippen LogP contribution >= 0.6 is 0 Å². The molecule has 17 heavy (non-hydrogen) atoms. The Labute approximate surface area is 99.6 Å². The third kappa shape index (κ3) is 2.44. The highest BCUT2D eigenvalue weighted by Gasteiger charge is 2.20. The average Bonchev–Trinajstić information content (AvgIpc) is 2.71. The van der Waals surface area contributed by atoms with Crippen LogP contribution in [0.1, 0.15) is 11.4 Å². The zero-order valence-electron chi connectivity index (χ0n) is 9.63. The predicted molar refractivity (Wildman–Crippen MR) is 58.9 cm³/mol. The summed E-state index contributed by atoms with van der Waals surface area (Å²) in [6.07, 6.45) is 1.57. The molecule has 6 heteroatoms. The molecule has 1 saturated heterocycles. The van der Waals surface area contributed by atoms with Crippen molar-refractivity contribution in [1.29, 1.82) is 10.5 Å². The van der Waals surface area contributed by atoms with Crippen LogP contribution in [0.25, 0.3) is 0 Å². The molecule has 88 valence electrons. The molecule has 1 atom stereocenters. The van der Waals surface area contributed by atoms with Crippen LogP contribution in [0.5, 0.6) is 0 Å². The lowest BCUT2D eigenvalue weighted by Gasteiger charge is -2.30. The highest BCUT2D eigenvalue weighted by Crippen LogP contribution is 2.10. The van der Waals surface area contributed by atoms with E-state index in [2.05, 4.69) is 9.88 Å². The zero-order chi connectivity index (χ0) is 12.3. The van der Waals surface area contributed by atoms with Gasteiger partial charge in [0, 0.05) is 13.1 Å². The summed E-state index contributed by atoms with van der Waals surface area (Å²) >= 11 is 0. The molecular formula is C11H13N5O. The fourth-order valence-electron chi connectivity index (χ4n) is 1.92. The number of likely N-dealkylation sites (N-methyl/N-ethyl adjacent to an activating group) is 1. The van der Waals surface area contributed by atoms with Gasteiger partial charge in [0.2, 0.25) is 0 Å². The van der Waals surface area contributed by atoms with Gasteiger partial charge in [0.15, 0.2) is 11.4 Å². The second kappa shape index (κ2) is 4.96. The zero-order valence-corrected chi connectivity index (χ0v) is 9.63. The van der Waals surface area contributed by atoms with Crippen molar-refractivity contribution in [2.45, 2.75) is 12.6 Å². The summed E-state index contributed by atoms with van der Waals surface area (Å²) in [5.74, 6) is 0. The van der Waals surface area contributed by atoms with E-state index in [1.54, 1.807) is 4.57 Å². The van der Waals surface area contributed by atoms with E-state index in [9.17, 15) is 0 Å². The molecule has 1 fully saturated rings. The number of nitriles is 2. The molecule has 0 aromatic carbocycles. The first-order valence-corrected chi connectivity index (χ1v) is 5.40. The molecule has 0 bridgehead atoms. The maximum Gasteiger partial charge on any atom is 0.176 e. The van der Waals surface area contributed by atoms with Gasteiger partial charge in [0.1, 0.15) is 12.1 Å². The molecule has 6 nitrogen and oxygen atoms in total. The number of morpholine rings is 1. The molecule has 1 aliphatic heterocycles. The van der Waals surface area contributed by atoms with Crippen molar-refractivity contribution < 1.29 is 4.74 Å². The Hall–Kier alpha value is -1.89. The topological polar surface area (TPSA) is 77.9 Å². The normalized spacial score (nSPS) is 20.8. The minimum atomic E-state index is 0.0431. The van der Waals surface area contributed by atoms with Gasteiger partial charge in [-0.3, -0.25) is 0 Å². The van der Waals surface area contributed by atoms with Gasteiger partial charge in [-0.1, -0.05) is 0 Å². The predicted octanol–water partition coefficient (Wildman–Crippen LogP) is -0.0429. The lowest BCUT2D eigenvalue weighted by Crippen LogP contribution is -2.42. The Balaban J connectivity index is 2.11. The lowest BCUT2D eigenvalue weighted by molar-refractivity contribution is -0.0275. The molecule has 1 aromatic rings. The summed E-state index contributed by atoms with van der Waals surface area (Å²) in [6, 6.07) is 3.91.